The van der Waals surface area contributed by atoms with Crippen LogP contribution in [0.15, 0.2) is 33.3 Å². The number of nitrogens with two attached hydrogens (primary N) is 1. The minimum atomic E-state index is -0.0427. The molecule has 110 valence electrons. The molecule has 0 saturated carbocycles. The summed E-state index contributed by atoms with van der Waals surface area (Å²) in [4.78, 5) is 14.6. The van der Waals surface area contributed by atoms with Crippen LogP contribution in [0.2, 0.25) is 0 Å². The number of amides is 1. The highest BCUT2D eigenvalue weighted by atomic mass is 79.9. The Hall–Kier alpha value is -1.82. The fourth-order valence-corrected chi connectivity index (χ4v) is 3.26. The van der Waals surface area contributed by atoms with Gasteiger partial charge in [-0.1, -0.05) is 21.1 Å². The maximum atomic E-state index is 12.7. The molecule has 5 nitrogen and oxygen atoms in total. The van der Waals surface area contributed by atoms with Gasteiger partial charge in [0.15, 0.2) is 5.76 Å². The Balaban J connectivity index is 1.89. The number of aryl methyl sites for hydroxylation is 1. The topological polar surface area (TPSA) is 72.4 Å². The highest BCUT2D eigenvalue weighted by molar-refractivity contribution is 9.10. The Bertz CT molecular complexity index is 663. The molecule has 2 heterocycles. The van der Waals surface area contributed by atoms with Crippen molar-refractivity contribution in [2.75, 3.05) is 12.3 Å². The van der Waals surface area contributed by atoms with Crippen molar-refractivity contribution in [2.24, 2.45) is 0 Å². The van der Waals surface area contributed by atoms with Gasteiger partial charge in [-0.05, 0) is 38.0 Å². The molecule has 0 radical (unpaired) electrons. The molecule has 0 spiro atoms. The van der Waals surface area contributed by atoms with E-state index in [0.29, 0.717) is 11.3 Å². The molecule has 0 bridgehead atoms. The molecule has 1 atom stereocenters. The van der Waals surface area contributed by atoms with Gasteiger partial charge in [0.25, 0.3) is 5.91 Å². The molecule has 1 fully saturated rings. The van der Waals surface area contributed by atoms with Crippen molar-refractivity contribution in [1.29, 1.82) is 0 Å². The first-order valence-electron chi connectivity index (χ1n) is 6.85. The van der Waals surface area contributed by atoms with Gasteiger partial charge in [-0.2, -0.15) is 0 Å². The number of nitrogens with zero attached hydrogens (tertiary/aromatic N) is 2. The number of nitrogen functional groups attached to an aromatic ring is 1. The molecule has 1 saturated heterocycles. The highest BCUT2D eigenvalue weighted by Gasteiger charge is 2.33. The number of carbonyl (C=O) groups excluding carboxylic acids is 1. The maximum absolute atomic E-state index is 12.7. The number of likely N-dealkylation sites (tertiary alicyclic amines) is 1. The van der Waals surface area contributed by atoms with Crippen LogP contribution in [0.25, 0.3) is 0 Å². The molecule has 2 N–H and O–H groups in total. The van der Waals surface area contributed by atoms with Gasteiger partial charge < -0.3 is 15.2 Å². The van der Waals surface area contributed by atoms with E-state index in [0.717, 1.165) is 35.3 Å². The molecular weight excluding hydrogens is 334 g/mol. The Labute approximate surface area is 131 Å². The molecule has 21 heavy (non-hydrogen) atoms. The third-order valence-electron chi connectivity index (χ3n) is 3.66. The zero-order valence-electron chi connectivity index (χ0n) is 11.7. The Morgan fingerprint density at radius 2 is 2.24 bits per heavy atom. The van der Waals surface area contributed by atoms with Crippen LogP contribution in [-0.4, -0.2) is 22.5 Å². The lowest BCUT2D eigenvalue weighted by molar-refractivity contribution is 0.0714. The van der Waals surface area contributed by atoms with Crippen LogP contribution in [0, 0.1) is 6.92 Å². The Morgan fingerprint density at radius 1 is 1.43 bits per heavy atom. The normalized spacial score (nSPS) is 18.2. The molecule has 2 aromatic rings. The SMILES string of the molecule is Cc1cc(C2CCCN2C(=O)c2cc(N)cc(Br)c2)on1. The minimum absolute atomic E-state index is 0.0282. The molecule has 1 unspecified atom stereocenters. The Morgan fingerprint density at radius 3 is 2.90 bits per heavy atom. The van der Waals surface area contributed by atoms with E-state index in [1.807, 2.05) is 17.9 Å². The monoisotopic (exact) mass is 349 g/mol. The van der Waals surface area contributed by atoms with Gasteiger partial charge in [-0.15, -0.1) is 0 Å². The molecule has 1 aromatic heterocycles. The standard InChI is InChI=1S/C15H16BrN3O2/c1-9-5-14(21-18-9)13-3-2-4-19(13)15(20)10-6-11(16)8-12(17)7-10/h5-8,13H,2-4,17H2,1H3. The van der Waals surface area contributed by atoms with E-state index in [1.54, 1.807) is 18.2 Å². The lowest BCUT2D eigenvalue weighted by Crippen LogP contribution is -2.30. The van der Waals surface area contributed by atoms with Gasteiger partial charge in [0.05, 0.1) is 11.7 Å². The molecule has 1 amide bonds. The van der Waals surface area contributed by atoms with E-state index >= 15 is 0 Å². The third-order valence-corrected chi connectivity index (χ3v) is 4.11. The van der Waals surface area contributed by atoms with Gasteiger partial charge in [0.2, 0.25) is 0 Å². The third kappa shape index (κ3) is 2.81. The molecular formula is C15H16BrN3O2. The van der Waals surface area contributed by atoms with E-state index in [-0.39, 0.29) is 11.9 Å². The summed E-state index contributed by atoms with van der Waals surface area (Å²) in [5.74, 6) is 0.723. The average molecular weight is 350 g/mol. The van der Waals surface area contributed by atoms with Crippen LogP contribution >= 0.6 is 15.9 Å². The van der Waals surface area contributed by atoms with Crippen LogP contribution in [-0.2, 0) is 0 Å². The summed E-state index contributed by atoms with van der Waals surface area (Å²) < 4.78 is 6.14. The van der Waals surface area contributed by atoms with Crippen LogP contribution in [0.4, 0.5) is 5.69 Å². The van der Waals surface area contributed by atoms with Gasteiger partial charge in [0.1, 0.15) is 0 Å². The van der Waals surface area contributed by atoms with Crippen LogP contribution < -0.4 is 5.73 Å². The van der Waals surface area contributed by atoms with Crippen molar-refractivity contribution in [2.45, 2.75) is 25.8 Å². The number of aromatic nitrogens is 1. The fraction of sp³-hybridized carbons (Fsp3) is 0.333. The van der Waals surface area contributed by atoms with Gasteiger partial charge in [-0.25, -0.2) is 0 Å². The summed E-state index contributed by atoms with van der Waals surface area (Å²) in [6, 6.07) is 7.12. The molecule has 1 aliphatic heterocycles. The van der Waals surface area contributed by atoms with Crippen molar-refractivity contribution >= 4 is 27.5 Å². The lowest BCUT2D eigenvalue weighted by atomic mass is 10.1. The second-order valence-corrected chi connectivity index (χ2v) is 6.22. The molecule has 1 aliphatic rings. The van der Waals surface area contributed by atoms with Gasteiger partial charge >= 0.3 is 0 Å². The predicted octanol–water partition coefficient (Wildman–Crippen LogP) is 3.31. The summed E-state index contributed by atoms with van der Waals surface area (Å²) >= 11 is 3.37. The summed E-state index contributed by atoms with van der Waals surface area (Å²) in [5, 5.41) is 3.92. The minimum Gasteiger partial charge on any atom is -0.399 e. The number of halogens is 1. The number of benzene rings is 1. The largest absolute Gasteiger partial charge is 0.399 e. The van der Waals surface area contributed by atoms with Gasteiger partial charge in [0, 0.05) is 28.3 Å². The number of carbonyl (C=O) groups is 1. The molecule has 3 rings (SSSR count). The van der Waals surface area contributed by atoms with Crippen molar-refractivity contribution in [3.63, 3.8) is 0 Å². The molecule has 1 aromatic carbocycles. The van der Waals surface area contributed by atoms with E-state index in [1.165, 1.54) is 0 Å². The van der Waals surface area contributed by atoms with Crippen molar-refractivity contribution in [1.82, 2.24) is 10.1 Å². The predicted molar refractivity (Wildman–Crippen MR) is 82.8 cm³/mol. The summed E-state index contributed by atoms with van der Waals surface area (Å²) in [7, 11) is 0. The fourth-order valence-electron chi connectivity index (χ4n) is 2.75. The number of hydrogen-bond acceptors (Lipinski definition) is 4. The van der Waals surface area contributed by atoms with Crippen molar-refractivity contribution < 1.29 is 9.32 Å². The lowest BCUT2D eigenvalue weighted by Gasteiger charge is -2.23. The summed E-state index contributed by atoms with van der Waals surface area (Å²) in [5.41, 5.74) is 7.80. The van der Waals surface area contributed by atoms with Gasteiger partial charge in [-0.3, -0.25) is 4.79 Å². The smallest absolute Gasteiger partial charge is 0.254 e. The maximum Gasteiger partial charge on any atom is 0.254 e. The first-order valence-corrected chi connectivity index (χ1v) is 7.64. The van der Waals surface area contributed by atoms with E-state index < -0.39 is 0 Å². The van der Waals surface area contributed by atoms with E-state index in [4.69, 9.17) is 10.3 Å². The van der Waals surface area contributed by atoms with E-state index in [9.17, 15) is 4.79 Å². The molecule has 6 heteroatoms. The number of anilines is 1. The summed E-state index contributed by atoms with van der Waals surface area (Å²) in [6.07, 6.45) is 1.85. The number of rotatable bonds is 2. The van der Waals surface area contributed by atoms with Crippen molar-refractivity contribution in [3.05, 3.63) is 45.8 Å². The van der Waals surface area contributed by atoms with Crippen LogP contribution in [0.3, 0.4) is 0 Å². The highest BCUT2D eigenvalue weighted by Crippen LogP contribution is 2.34. The Kier molecular flexibility index (Phi) is 3.71. The molecule has 0 aliphatic carbocycles. The number of hydrogen-bond donors (Lipinski definition) is 1. The zero-order chi connectivity index (χ0) is 15.0. The second kappa shape index (κ2) is 5.52. The quantitative estimate of drug-likeness (QED) is 0.844. The second-order valence-electron chi connectivity index (χ2n) is 5.30. The first kappa shape index (κ1) is 14.1. The average Bonchev–Trinajstić information content (AvgIpc) is 3.04. The van der Waals surface area contributed by atoms with Crippen molar-refractivity contribution in [3.8, 4) is 0 Å². The van der Waals surface area contributed by atoms with Crippen LogP contribution in [0.5, 0.6) is 0 Å². The zero-order valence-corrected chi connectivity index (χ0v) is 13.3. The first-order chi connectivity index (χ1) is 10.0. The van der Waals surface area contributed by atoms with E-state index in [2.05, 4.69) is 21.1 Å². The van der Waals surface area contributed by atoms with Crippen LogP contribution in [0.1, 0.15) is 40.7 Å². The summed E-state index contributed by atoms with van der Waals surface area (Å²) in [6.45, 7) is 2.60.